The molecule has 0 bridgehead atoms. The zero-order chi connectivity index (χ0) is 23.5. The number of nitrogens with zero attached hydrogens (tertiary/aromatic N) is 1. The van der Waals surface area contributed by atoms with Gasteiger partial charge in [0.1, 0.15) is 23.4 Å². The predicted octanol–water partition coefficient (Wildman–Crippen LogP) is 3.21. The predicted molar refractivity (Wildman–Crippen MR) is 103 cm³/mol. The Morgan fingerprint density at radius 3 is 2.12 bits per heavy atom. The van der Waals surface area contributed by atoms with E-state index >= 15 is 0 Å². The van der Waals surface area contributed by atoms with E-state index in [2.05, 4.69) is 5.32 Å². The fourth-order valence-electron chi connectivity index (χ4n) is 3.26. The van der Waals surface area contributed by atoms with E-state index in [0.717, 1.165) is 0 Å². The van der Waals surface area contributed by atoms with E-state index in [1.54, 1.807) is 0 Å². The Labute approximate surface area is 179 Å². The molecular weight excluding hydrogens is 436 g/mol. The van der Waals surface area contributed by atoms with Gasteiger partial charge in [0.25, 0.3) is 5.91 Å². The molecule has 1 saturated heterocycles. The van der Waals surface area contributed by atoms with Crippen molar-refractivity contribution in [2.45, 2.75) is 18.6 Å². The molecule has 1 heterocycles. The molecule has 0 aliphatic carbocycles. The van der Waals surface area contributed by atoms with Crippen LogP contribution in [0, 0.1) is 11.7 Å². The highest BCUT2D eigenvalue weighted by atomic mass is 19.4. The van der Waals surface area contributed by atoms with Crippen LogP contribution >= 0.6 is 0 Å². The Morgan fingerprint density at radius 1 is 1.03 bits per heavy atom. The Morgan fingerprint density at radius 2 is 1.59 bits per heavy atom. The molecule has 11 heteroatoms. The number of halogens is 4. The van der Waals surface area contributed by atoms with Crippen LogP contribution in [0.25, 0.3) is 0 Å². The normalized spacial score (nSPS) is 18.3. The van der Waals surface area contributed by atoms with E-state index in [1.165, 1.54) is 48.5 Å². The summed E-state index contributed by atoms with van der Waals surface area (Å²) in [6.07, 6.45) is -5.35. The van der Waals surface area contributed by atoms with E-state index in [0.29, 0.717) is 16.4 Å². The Balaban J connectivity index is 1.57. The molecule has 7 nitrogen and oxygen atoms in total. The van der Waals surface area contributed by atoms with E-state index in [-0.39, 0.29) is 5.56 Å². The lowest BCUT2D eigenvalue weighted by Crippen LogP contribution is -2.45. The summed E-state index contributed by atoms with van der Waals surface area (Å²) in [5.74, 6) is -4.74. The number of benzene rings is 2. The minimum atomic E-state index is -4.62. The molecule has 0 radical (unpaired) electrons. The maximum atomic E-state index is 12.9. The smallest absolute Gasteiger partial charge is 0.393 e. The molecular formula is C21H18F4N2O5. The zero-order valence-electron chi connectivity index (χ0n) is 16.4. The number of rotatable bonds is 6. The third-order valence-corrected chi connectivity index (χ3v) is 4.94. The molecule has 2 N–H and O–H groups in total. The van der Waals surface area contributed by atoms with Crippen LogP contribution in [0.3, 0.4) is 0 Å². The van der Waals surface area contributed by atoms with Crippen molar-refractivity contribution in [1.82, 2.24) is 10.2 Å². The van der Waals surface area contributed by atoms with Crippen molar-refractivity contribution in [2.24, 2.45) is 5.92 Å². The second-order valence-electron chi connectivity index (χ2n) is 7.14. The van der Waals surface area contributed by atoms with Crippen molar-refractivity contribution in [3.8, 4) is 11.5 Å². The van der Waals surface area contributed by atoms with Crippen LogP contribution < -0.4 is 10.1 Å². The first-order valence-electron chi connectivity index (χ1n) is 9.45. The number of carboxylic acid groups (broad SMARTS) is 1. The van der Waals surface area contributed by atoms with E-state index in [9.17, 15) is 31.9 Å². The number of carbonyl (C=O) groups excluding carboxylic acids is 2. The van der Waals surface area contributed by atoms with Crippen LogP contribution in [-0.2, 0) is 9.59 Å². The summed E-state index contributed by atoms with van der Waals surface area (Å²) in [5, 5.41) is 11.4. The molecule has 170 valence electrons. The molecule has 2 atom stereocenters. The first kappa shape index (κ1) is 23.0. The molecule has 3 rings (SSSR count). The topological polar surface area (TPSA) is 95.9 Å². The lowest BCUT2D eigenvalue weighted by molar-refractivity contribution is -0.171. The van der Waals surface area contributed by atoms with Crippen molar-refractivity contribution < 1.29 is 41.8 Å². The molecule has 1 aliphatic heterocycles. The molecule has 2 aromatic carbocycles. The molecule has 0 aromatic heterocycles. The van der Waals surface area contributed by atoms with Gasteiger partial charge in [-0.05, 0) is 55.0 Å². The lowest BCUT2D eigenvalue weighted by atomic mass is 10.1. The average Bonchev–Trinajstić information content (AvgIpc) is 3.20. The average molecular weight is 454 g/mol. The molecule has 32 heavy (non-hydrogen) atoms. The number of hydrogen-bond donors (Lipinski definition) is 2. The van der Waals surface area contributed by atoms with Gasteiger partial charge >= 0.3 is 12.1 Å². The quantitative estimate of drug-likeness (QED) is 0.654. The minimum absolute atomic E-state index is 0.147. The highest BCUT2D eigenvalue weighted by molar-refractivity contribution is 5.97. The van der Waals surface area contributed by atoms with Gasteiger partial charge < -0.3 is 20.1 Å². The van der Waals surface area contributed by atoms with Crippen LogP contribution in [0.15, 0.2) is 48.5 Å². The monoisotopic (exact) mass is 454 g/mol. The first-order chi connectivity index (χ1) is 15.0. The van der Waals surface area contributed by atoms with Gasteiger partial charge in [-0.3, -0.25) is 9.59 Å². The van der Waals surface area contributed by atoms with Gasteiger partial charge in [0, 0.05) is 12.1 Å². The molecule has 1 fully saturated rings. The van der Waals surface area contributed by atoms with Gasteiger partial charge in [-0.25, -0.2) is 9.18 Å². The van der Waals surface area contributed by atoms with E-state index in [1.807, 2.05) is 0 Å². The van der Waals surface area contributed by atoms with Crippen LogP contribution in [0.4, 0.5) is 17.6 Å². The largest absolute Gasteiger partial charge is 0.480 e. The summed E-state index contributed by atoms with van der Waals surface area (Å²) < 4.78 is 57.2. The van der Waals surface area contributed by atoms with Gasteiger partial charge in [-0.2, -0.15) is 13.2 Å². The van der Waals surface area contributed by atoms with Crippen molar-refractivity contribution in [3.05, 3.63) is 59.9 Å². The Bertz CT molecular complexity index is 993. The number of aliphatic carboxylic acids is 1. The molecule has 2 aromatic rings. The van der Waals surface area contributed by atoms with Crippen LogP contribution in [0.1, 0.15) is 16.8 Å². The first-order valence-corrected chi connectivity index (χ1v) is 9.45. The summed E-state index contributed by atoms with van der Waals surface area (Å²) >= 11 is 0. The van der Waals surface area contributed by atoms with Gasteiger partial charge in [0.05, 0.1) is 12.5 Å². The van der Waals surface area contributed by atoms with Gasteiger partial charge in [0.15, 0.2) is 0 Å². The number of ether oxygens (including phenoxy) is 1. The third-order valence-electron chi connectivity index (χ3n) is 4.94. The van der Waals surface area contributed by atoms with Crippen molar-refractivity contribution >= 4 is 17.8 Å². The lowest BCUT2D eigenvalue weighted by Gasteiger charge is -2.21. The van der Waals surface area contributed by atoms with Gasteiger partial charge in [0.2, 0.25) is 5.91 Å². The fourth-order valence-corrected chi connectivity index (χ4v) is 3.26. The fraction of sp³-hybridized carbons (Fsp3) is 0.286. The van der Waals surface area contributed by atoms with Crippen molar-refractivity contribution in [3.63, 3.8) is 0 Å². The Kier molecular flexibility index (Phi) is 6.66. The number of likely N-dealkylation sites (tertiary alicyclic amines) is 1. The summed E-state index contributed by atoms with van der Waals surface area (Å²) in [6.45, 7) is -1.42. The van der Waals surface area contributed by atoms with E-state index in [4.69, 9.17) is 9.84 Å². The van der Waals surface area contributed by atoms with Crippen LogP contribution in [-0.4, -0.2) is 53.1 Å². The number of nitrogens with one attached hydrogen (secondary N) is 1. The second-order valence-corrected chi connectivity index (χ2v) is 7.14. The van der Waals surface area contributed by atoms with Gasteiger partial charge in [-0.1, -0.05) is 0 Å². The zero-order valence-corrected chi connectivity index (χ0v) is 16.4. The molecule has 0 spiro atoms. The van der Waals surface area contributed by atoms with E-state index < -0.39 is 61.2 Å². The number of hydrogen-bond acceptors (Lipinski definition) is 4. The highest BCUT2D eigenvalue weighted by Crippen LogP contribution is 2.36. The van der Waals surface area contributed by atoms with Gasteiger partial charge in [-0.15, -0.1) is 0 Å². The van der Waals surface area contributed by atoms with Crippen LogP contribution in [0.2, 0.25) is 0 Å². The number of carbonyl (C=O) groups is 3. The number of carboxylic acids is 1. The summed E-state index contributed by atoms with van der Waals surface area (Å²) in [7, 11) is 0. The minimum Gasteiger partial charge on any atom is -0.480 e. The van der Waals surface area contributed by atoms with Crippen LogP contribution in [0.5, 0.6) is 11.5 Å². The number of alkyl halides is 3. The Hall–Kier alpha value is -3.63. The molecule has 1 aliphatic rings. The molecule has 0 saturated carbocycles. The maximum absolute atomic E-state index is 12.9. The summed E-state index contributed by atoms with van der Waals surface area (Å²) in [6, 6.07) is 9.42. The standard InChI is InChI=1S/C21H18F4N2O5/c22-14-3-7-16(8-4-14)32-15-5-1-12(2-6-15)19(29)26-10-18(28)27-11-13(21(23,24)25)9-17(27)20(30)31/h1-8,13,17H,9-11H2,(H,26,29)(H,30,31)/t13-,17-/m0/s1. The molecule has 0 unspecified atom stereocenters. The summed E-state index contributed by atoms with van der Waals surface area (Å²) in [5.41, 5.74) is 0.147. The SMILES string of the molecule is O=C(NCC(=O)N1C[C@@H](C(F)(F)F)C[C@H]1C(=O)O)c1ccc(Oc2ccc(F)cc2)cc1. The summed E-state index contributed by atoms with van der Waals surface area (Å²) in [4.78, 5) is 36.4. The van der Waals surface area contributed by atoms with Crippen molar-refractivity contribution in [2.75, 3.05) is 13.1 Å². The highest BCUT2D eigenvalue weighted by Gasteiger charge is 2.50. The number of amides is 2. The molecule has 2 amide bonds. The third kappa shape index (κ3) is 5.54. The van der Waals surface area contributed by atoms with Crippen molar-refractivity contribution in [1.29, 1.82) is 0 Å². The maximum Gasteiger partial charge on any atom is 0.393 e. The second kappa shape index (κ2) is 9.25.